The zero-order chi connectivity index (χ0) is 40.1. The third-order valence-corrected chi connectivity index (χ3v) is 11.1. The lowest BCUT2D eigenvalue weighted by Gasteiger charge is -2.52. The molecule has 3 aromatic rings. The molecule has 1 heterocycles. The number of primary amides is 1. The van der Waals surface area contributed by atoms with Crippen LogP contribution in [0, 0.1) is 17.8 Å². The van der Waals surface area contributed by atoms with Crippen LogP contribution in [0.5, 0.6) is 5.75 Å². The van der Waals surface area contributed by atoms with Crippen molar-refractivity contribution < 1.29 is 49.5 Å². The van der Waals surface area contributed by atoms with Gasteiger partial charge in [0.25, 0.3) is 17.7 Å². The molecule has 0 spiro atoms. The second-order valence-electron chi connectivity index (χ2n) is 14.6. The van der Waals surface area contributed by atoms with Gasteiger partial charge in [0, 0.05) is 17.4 Å². The van der Waals surface area contributed by atoms with Gasteiger partial charge in [-0.15, -0.1) is 0 Å². The van der Waals surface area contributed by atoms with Crippen molar-refractivity contribution in [3.63, 3.8) is 0 Å². The smallest absolute Gasteiger partial charge is 0.258 e. The quantitative estimate of drug-likeness (QED) is 0.151. The van der Waals surface area contributed by atoms with E-state index in [2.05, 4.69) is 6.92 Å². The first-order valence-corrected chi connectivity index (χ1v) is 18.0. The predicted molar refractivity (Wildman–Crippen MR) is 200 cm³/mol. The second kappa shape index (κ2) is 14.4. The van der Waals surface area contributed by atoms with Gasteiger partial charge in [-0.1, -0.05) is 68.3 Å². The van der Waals surface area contributed by atoms with Gasteiger partial charge in [-0.05, 0) is 69.8 Å². The molecule has 14 nitrogen and oxygen atoms in total. The van der Waals surface area contributed by atoms with Crippen molar-refractivity contribution in [2.24, 2.45) is 23.5 Å². The van der Waals surface area contributed by atoms with E-state index < -0.39 is 80.9 Å². The number of benzene rings is 3. The van der Waals surface area contributed by atoms with Crippen molar-refractivity contribution >= 4 is 40.7 Å². The minimum atomic E-state index is -2.75. The summed E-state index contributed by atoms with van der Waals surface area (Å²) in [6, 6.07) is 21.7. The minimum Gasteiger partial charge on any atom is -0.510 e. The first-order valence-electron chi connectivity index (χ1n) is 18.0. The van der Waals surface area contributed by atoms with Gasteiger partial charge < -0.3 is 31.3 Å². The van der Waals surface area contributed by atoms with Crippen molar-refractivity contribution in [1.82, 2.24) is 4.90 Å². The first kappa shape index (κ1) is 38.9. The van der Waals surface area contributed by atoms with E-state index in [9.17, 15) is 49.5 Å². The van der Waals surface area contributed by atoms with Crippen LogP contribution in [0.3, 0.4) is 0 Å². The summed E-state index contributed by atoms with van der Waals surface area (Å²) in [6.07, 6.45) is 2.23. The van der Waals surface area contributed by atoms with E-state index in [0.717, 1.165) is 12.8 Å². The number of amides is 3. The monoisotopic (exact) mass is 752 g/mol. The normalized spacial score (nSPS) is 26.5. The Morgan fingerprint density at radius 2 is 1.40 bits per heavy atom. The largest absolute Gasteiger partial charge is 0.510 e. The Morgan fingerprint density at radius 3 is 1.89 bits per heavy atom. The molecule has 288 valence electrons. The topological polar surface area (TPSA) is 222 Å². The Hall–Kier alpha value is -5.83. The SMILES string of the molecule is CCCCC1C(=O)N(c2ccccc2)N(c2ccccc2)C1=O.CN(C)[C@@H]1C(O)=C(C(N)=O)C(=O)[C@@]2(O)C(O)=C3C(=O)c4c(O)cccc4[C@@](C)(O)[C@H]3C[C@@H]12. The van der Waals surface area contributed by atoms with Crippen molar-refractivity contribution in [2.75, 3.05) is 24.1 Å². The number of carbonyl (C=O) groups excluding carboxylic acids is 5. The number of carbonyl (C=O) groups is 5. The molecule has 3 amide bonds. The number of phenols is 1. The molecule has 1 saturated heterocycles. The Balaban J connectivity index is 0.000000197. The lowest BCUT2D eigenvalue weighted by Crippen LogP contribution is -2.65. The summed E-state index contributed by atoms with van der Waals surface area (Å²) in [5.41, 5.74) is 0.779. The number of fused-ring (bicyclic) bond motifs is 3. The number of rotatable bonds is 7. The number of nitrogens with two attached hydrogens (primary N) is 1. The Kier molecular flexibility index (Phi) is 10.2. The number of anilines is 2. The Labute approximate surface area is 317 Å². The third kappa shape index (κ3) is 6.06. The maximum absolute atomic E-state index is 13.3. The summed E-state index contributed by atoms with van der Waals surface area (Å²) in [6.45, 7) is 3.47. The van der Waals surface area contributed by atoms with Gasteiger partial charge in [-0.3, -0.25) is 28.9 Å². The molecule has 4 aliphatic rings. The molecule has 0 aromatic heterocycles. The molecule has 0 radical (unpaired) electrons. The van der Waals surface area contributed by atoms with Gasteiger partial charge in [-0.25, -0.2) is 10.0 Å². The van der Waals surface area contributed by atoms with E-state index >= 15 is 0 Å². The molecule has 0 saturated carbocycles. The zero-order valence-electron chi connectivity index (χ0n) is 30.8. The van der Waals surface area contributed by atoms with Crippen LogP contribution < -0.4 is 15.8 Å². The van der Waals surface area contributed by atoms with E-state index in [4.69, 9.17) is 5.73 Å². The summed E-state index contributed by atoms with van der Waals surface area (Å²) >= 11 is 0. The number of hydrogen-bond donors (Lipinski definition) is 6. The lowest BCUT2D eigenvalue weighted by molar-refractivity contribution is -0.152. The molecular weight excluding hydrogens is 708 g/mol. The Bertz CT molecular complexity index is 2070. The number of aromatic hydroxyl groups is 1. The number of aliphatic hydroxyl groups excluding tert-OH is 2. The van der Waals surface area contributed by atoms with Crippen LogP contribution in [-0.2, 0) is 24.8 Å². The fourth-order valence-electron chi connectivity index (χ4n) is 8.39. The number of unbranched alkanes of at least 4 members (excludes halogenated alkanes) is 1. The van der Waals surface area contributed by atoms with Crippen LogP contribution >= 0.6 is 0 Å². The van der Waals surface area contributed by atoms with Crippen LogP contribution in [-0.4, -0.2) is 85.5 Å². The Morgan fingerprint density at radius 1 is 0.855 bits per heavy atom. The number of Topliss-reactive ketones (excluding diaryl/α,β-unsaturated/α-hetero) is 2. The molecule has 14 heteroatoms. The highest BCUT2D eigenvalue weighted by Gasteiger charge is 2.65. The van der Waals surface area contributed by atoms with E-state index in [1.165, 1.54) is 54.1 Å². The molecular formula is C41H44N4O10. The van der Waals surface area contributed by atoms with Gasteiger partial charge in [0.05, 0.1) is 28.6 Å². The van der Waals surface area contributed by atoms with Gasteiger partial charge in [-0.2, -0.15) is 0 Å². The standard InChI is InChI=1S/C22H24N2O8.C19H20N2O2/c1-21(31)8-5-4-6-11(25)12(8)16(26)13-9(21)7-10-15(24(2)3)17(27)14(20(23)30)19(29)22(10,32)18(13)28;1-2-3-14-17-18(22)20(15-10-6-4-7-11-15)21(19(17)23)16-12-8-5-9-13-16/h4-6,9-10,15,25,27-28,31-32H,7H2,1-3H3,(H2,23,30);4-13,17H,2-3,14H2,1H3/t9-,10-,15-,21+,22-;/m0./s1. The van der Waals surface area contributed by atoms with Gasteiger partial charge >= 0.3 is 0 Å². The fourth-order valence-corrected chi connectivity index (χ4v) is 8.39. The zero-order valence-corrected chi connectivity index (χ0v) is 30.8. The van der Waals surface area contributed by atoms with E-state index in [1.54, 1.807) is 0 Å². The molecule has 5 atom stereocenters. The maximum Gasteiger partial charge on any atom is 0.258 e. The third-order valence-electron chi connectivity index (χ3n) is 11.1. The highest BCUT2D eigenvalue weighted by Crippen LogP contribution is 2.56. The molecule has 55 heavy (non-hydrogen) atoms. The van der Waals surface area contributed by atoms with Gasteiger partial charge in [0.1, 0.15) is 28.8 Å². The number of aliphatic hydroxyl groups is 4. The predicted octanol–water partition coefficient (Wildman–Crippen LogP) is 3.57. The number of hydrazine groups is 1. The highest BCUT2D eigenvalue weighted by molar-refractivity contribution is 6.25. The number of hydrogen-bond acceptors (Lipinski definition) is 11. The highest BCUT2D eigenvalue weighted by atomic mass is 16.4. The van der Waals surface area contributed by atoms with E-state index in [0.29, 0.717) is 17.8 Å². The molecule has 0 unspecified atom stereocenters. The first-order chi connectivity index (χ1) is 26.0. The lowest BCUT2D eigenvalue weighted by atomic mass is 9.55. The van der Waals surface area contributed by atoms with Gasteiger partial charge in [0.2, 0.25) is 5.78 Å². The van der Waals surface area contributed by atoms with Crippen molar-refractivity contribution in [3.05, 3.63) is 113 Å². The fraction of sp³-hybridized carbons (Fsp3) is 0.341. The average Bonchev–Trinajstić information content (AvgIpc) is 3.40. The van der Waals surface area contributed by atoms with Crippen LogP contribution in [0.2, 0.25) is 0 Å². The number of para-hydroxylation sites is 2. The average molecular weight is 753 g/mol. The summed E-state index contributed by atoms with van der Waals surface area (Å²) in [5.74, 6) is -8.76. The van der Waals surface area contributed by atoms with Crippen LogP contribution in [0.25, 0.3) is 0 Å². The number of likely N-dealkylation sites (N-methyl/N-ethyl adjacent to an activating group) is 1. The van der Waals surface area contributed by atoms with Crippen LogP contribution in [0.4, 0.5) is 11.4 Å². The maximum atomic E-state index is 13.3. The summed E-state index contributed by atoms with van der Waals surface area (Å²) in [4.78, 5) is 65.6. The van der Waals surface area contributed by atoms with E-state index in [1.807, 2.05) is 60.7 Å². The summed E-state index contributed by atoms with van der Waals surface area (Å²) in [7, 11) is 3.06. The molecule has 3 aliphatic carbocycles. The van der Waals surface area contributed by atoms with E-state index in [-0.39, 0.29) is 29.4 Å². The molecule has 7 rings (SSSR count). The minimum absolute atomic E-state index is 0.135. The molecule has 1 aliphatic heterocycles. The second-order valence-corrected chi connectivity index (χ2v) is 14.6. The summed E-state index contributed by atoms with van der Waals surface area (Å²) in [5, 5.41) is 58.1. The summed E-state index contributed by atoms with van der Waals surface area (Å²) < 4.78 is 0. The number of ketones is 2. The van der Waals surface area contributed by atoms with Crippen molar-refractivity contribution in [2.45, 2.75) is 56.8 Å². The molecule has 1 fully saturated rings. The molecule has 0 bridgehead atoms. The number of nitrogens with zero attached hydrogens (tertiary/aromatic N) is 3. The molecule has 7 N–H and O–H groups in total. The molecule has 3 aromatic carbocycles. The van der Waals surface area contributed by atoms with Crippen molar-refractivity contribution in [3.8, 4) is 5.75 Å². The van der Waals surface area contributed by atoms with Crippen molar-refractivity contribution in [1.29, 1.82) is 0 Å². The number of phenolic OH excluding ortho intramolecular Hbond substituents is 1. The van der Waals surface area contributed by atoms with Crippen LogP contribution in [0.15, 0.2) is 102 Å². The van der Waals surface area contributed by atoms with Gasteiger partial charge in [0.15, 0.2) is 11.4 Å². The van der Waals surface area contributed by atoms with Crippen LogP contribution in [0.1, 0.15) is 55.5 Å².